The molecular formula is C16H17NO4. The van der Waals surface area contributed by atoms with Gasteiger partial charge in [-0.3, -0.25) is 4.79 Å². The van der Waals surface area contributed by atoms with Crippen molar-refractivity contribution in [2.75, 3.05) is 26.6 Å². The van der Waals surface area contributed by atoms with Crippen LogP contribution in [0.4, 0.5) is 5.69 Å². The molecule has 0 aliphatic heterocycles. The standard InChI is InChI=1S/C16H17NO4/c1-19-13-6-4-5-12(10-13)17-16(18)11-7-8-14(20-2)15(9-11)21-3/h4-10H,1-3H3,(H,17,18). The molecule has 110 valence electrons. The van der Waals surface area contributed by atoms with E-state index in [-0.39, 0.29) is 5.91 Å². The zero-order valence-corrected chi connectivity index (χ0v) is 12.2. The van der Waals surface area contributed by atoms with Crippen LogP contribution in [0.1, 0.15) is 10.4 Å². The SMILES string of the molecule is COc1cccc(NC(=O)c2ccc(OC)c(OC)c2)c1. The van der Waals surface area contributed by atoms with Gasteiger partial charge in [-0.1, -0.05) is 6.07 Å². The highest BCUT2D eigenvalue weighted by Crippen LogP contribution is 2.28. The normalized spacial score (nSPS) is 9.86. The number of benzene rings is 2. The Kier molecular flexibility index (Phi) is 4.66. The largest absolute Gasteiger partial charge is 0.497 e. The zero-order chi connectivity index (χ0) is 15.2. The van der Waals surface area contributed by atoms with E-state index in [0.29, 0.717) is 28.5 Å². The van der Waals surface area contributed by atoms with Gasteiger partial charge in [0, 0.05) is 17.3 Å². The molecule has 0 spiro atoms. The number of carbonyl (C=O) groups excluding carboxylic acids is 1. The van der Waals surface area contributed by atoms with Gasteiger partial charge in [-0.05, 0) is 30.3 Å². The highest BCUT2D eigenvalue weighted by molar-refractivity contribution is 6.04. The van der Waals surface area contributed by atoms with E-state index in [1.165, 1.54) is 7.11 Å². The number of anilines is 1. The van der Waals surface area contributed by atoms with Crippen LogP contribution >= 0.6 is 0 Å². The maximum Gasteiger partial charge on any atom is 0.255 e. The molecule has 5 nitrogen and oxygen atoms in total. The van der Waals surface area contributed by atoms with E-state index < -0.39 is 0 Å². The van der Waals surface area contributed by atoms with E-state index >= 15 is 0 Å². The minimum absolute atomic E-state index is 0.232. The summed E-state index contributed by atoms with van der Waals surface area (Å²) in [5.41, 5.74) is 1.14. The highest BCUT2D eigenvalue weighted by atomic mass is 16.5. The second-order valence-electron chi connectivity index (χ2n) is 4.26. The Balaban J connectivity index is 2.19. The Morgan fingerprint density at radius 3 is 2.33 bits per heavy atom. The molecule has 0 radical (unpaired) electrons. The maximum absolute atomic E-state index is 12.2. The Morgan fingerprint density at radius 2 is 1.67 bits per heavy atom. The van der Waals surface area contributed by atoms with E-state index in [4.69, 9.17) is 14.2 Å². The molecule has 0 saturated heterocycles. The van der Waals surface area contributed by atoms with Gasteiger partial charge in [-0.25, -0.2) is 0 Å². The Labute approximate surface area is 123 Å². The molecular weight excluding hydrogens is 270 g/mol. The van der Waals surface area contributed by atoms with E-state index in [0.717, 1.165) is 0 Å². The molecule has 1 N–H and O–H groups in total. The number of nitrogens with one attached hydrogen (secondary N) is 1. The third-order valence-corrected chi connectivity index (χ3v) is 2.97. The van der Waals surface area contributed by atoms with Crippen LogP contribution in [-0.4, -0.2) is 27.2 Å². The third kappa shape index (κ3) is 3.45. The van der Waals surface area contributed by atoms with Crippen molar-refractivity contribution in [3.63, 3.8) is 0 Å². The predicted molar refractivity (Wildman–Crippen MR) is 80.5 cm³/mol. The number of rotatable bonds is 5. The third-order valence-electron chi connectivity index (χ3n) is 2.97. The second kappa shape index (κ2) is 6.65. The van der Waals surface area contributed by atoms with Crippen molar-refractivity contribution in [1.29, 1.82) is 0 Å². The molecule has 0 heterocycles. The summed E-state index contributed by atoms with van der Waals surface area (Å²) >= 11 is 0. The number of amides is 1. The van der Waals surface area contributed by atoms with Crippen molar-refractivity contribution in [3.8, 4) is 17.2 Å². The maximum atomic E-state index is 12.2. The van der Waals surface area contributed by atoms with E-state index in [1.54, 1.807) is 44.6 Å². The minimum Gasteiger partial charge on any atom is -0.497 e. The monoisotopic (exact) mass is 287 g/mol. The van der Waals surface area contributed by atoms with Crippen molar-refractivity contribution >= 4 is 11.6 Å². The predicted octanol–water partition coefficient (Wildman–Crippen LogP) is 2.96. The van der Waals surface area contributed by atoms with Gasteiger partial charge in [-0.2, -0.15) is 0 Å². The lowest BCUT2D eigenvalue weighted by Gasteiger charge is -2.10. The molecule has 0 aromatic heterocycles. The summed E-state index contributed by atoms with van der Waals surface area (Å²) in [6.45, 7) is 0. The first-order chi connectivity index (χ1) is 10.2. The van der Waals surface area contributed by atoms with Crippen LogP contribution in [-0.2, 0) is 0 Å². The molecule has 2 rings (SSSR count). The molecule has 0 bridgehead atoms. The molecule has 0 aliphatic rings. The first-order valence-corrected chi connectivity index (χ1v) is 6.35. The first kappa shape index (κ1) is 14.7. The van der Waals surface area contributed by atoms with Crippen LogP contribution in [0.2, 0.25) is 0 Å². The molecule has 5 heteroatoms. The van der Waals surface area contributed by atoms with Gasteiger partial charge in [0.1, 0.15) is 5.75 Å². The van der Waals surface area contributed by atoms with Gasteiger partial charge in [0.2, 0.25) is 0 Å². The fourth-order valence-corrected chi connectivity index (χ4v) is 1.88. The van der Waals surface area contributed by atoms with Crippen LogP contribution in [0, 0.1) is 0 Å². The molecule has 2 aromatic carbocycles. The van der Waals surface area contributed by atoms with Crippen molar-refractivity contribution in [3.05, 3.63) is 48.0 Å². The van der Waals surface area contributed by atoms with Gasteiger partial charge >= 0.3 is 0 Å². The number of ether oxygens (including phenoxy) is 3. The molecule has 0 atom stereocenters. The number of hydrogen-bond acceptors (Lipinski definition) is 4. The minimum atomic E-state index is -0.232. The van der Waals surface area contributed by atoms with Gasteiger partial charge in [0.15, 0.2) is 11.5 Å². The summed E-state index contributed by atoms with van der Waals surface area (Å²) < 4.78 is 15.5. The lowest BCUT2D eigenvalue weighted by atomic mass is 10.2. The fourth-order valence-electron chi connectivity index (χ4n) is 1.88. The van der Waals surface area contributed by atoms with Gasteiger partial charge in [0.05, 0.1) is 21.3 Å². The molecule has 1 amide bonds. The summed E-state index contributed by atoms with van der Waals surface area (Å²) in [6, 6.07) is 12.2. The lowest BCUT2D eigenvalue weighted by Crippen LogP contribution is -2.12. The average molecular weight is 287 g/mol. The van der Waals surface area contributed by atoms with Crippen molar-refractivity contribution in [2.24, 2.45) is 0 Å². The Morgan fingerprint density at radius 1 is 0.905 bits per heavy atom. The van der Waals surface area contributed by atoms with Gasteiger partial charge < -0.3 is 19.5 Å². The number of methoxy groups -OCH3 is 3. The summed E-state index contributed by atoms with van der Waals surface area (Å²) in [4.78, 5) is 12.2. The molecule has 0 saturated carbocycles. The fraction of sp³-hybridized carbons (Fsp3) is 0.188. The van der Waals surface area contributed by atoms with E-state index in [1.807, 2.05) is 12.1 Å². The summed E-state index contributed by atoms with van der Waals surface area (Å²) in [6.07, 6.45) is 0. The quantitative estimate of drug-likeness (QED) is 0.918. The van der Waals surface area contributed by atoms with Crippen molar-refractivity contribution < 1.29 is 19.0 Å². The summed E-state index contributed by atoms with van der Waals surface area (Å²) in [5.74, 6) is 1.54. The van der Waals surface area contributed by atoms with E-state index in [9.17, 15) is 4.79 Å². The highest BCUT2D eigenvalue weighted by Gasteiger charge is 2.11. The summed E-state index contributed by atoms with van der Waals surface area (Å²) in [7, 11) is 4.66. The molecule has 2 aromatic rings. The molecule has 0 fully saturated rings. The first-order valence-electron chi connectivity index (χ1n) is 6.35. The zero-order valence-electron chi connectivity index (χ0n) is 12.2. The van der Waals surface area contributed by atoms with Crippen LogP contribution in [0.3, 0.4) is 0 Å². The second-order valence-corrected chi connectivity index (χ2v) is 4.26. The topological polar surface area (TPSA) is 56.8 Å². The Bertz CT molecular complexity index is 640. The van der Waals surface area contributed by atoms with Gasteiger partial charge in [-0.15, -0.1) is 0 Å². The van der Waals surface area contributed by atoms with E-state index in [2.05, 4.69) is 5.32 Å². The molecule has 0 aliphatic carbocycles. The van der Waals surface area contributed by atoms with Crippen molar-refractivity contribution in [1.82, 2.24) is 0 Å². The van der Waals surface area contributed by atoms with Crippen LogP contribution < -0.4 is 19.5 Å². The molecule has 21 heavy (non-hydrogen) atoms. The van der Waals surface area contributed by atoms with Crippen LogP contribution in [0.25, 0.3) is 0 Å². The summed E-state index contributed by atoms with van der Waals surface area (Å²) in [5, 5.41) is 2.81. The number of carbonyl (C=O) groups is 1. The Hall–Kier alpha value is -2.69. The van der Waals surface area contributed by atoms with Gasteiger partial charge in [0.25, 0.3) is 5.91 Å². The molecule has 0 unspecified atom stereocenters. The number of hydrogen-bond donors (Lipinski definition) is 1. The smallest absolute Gasteiger partial charge is 0.255 e. The van der Waals surface area contributed by atoms with Crippen LogP contribution in [0.5, 0.6) is 17.2 Å². The van der Waals surface area contributed by atoms with Crippen molar-refractivity contribution in [2.45, 2.75) is 0 Å². The van der Waals surface area contributed by atoms with Crippen LogP contribution in [0.15, 0.2) is 42.5 Å². The lowest BCUT2D eigenvalue weighted by molar-refractivity contribution is 0.102. The average Bonchev–Trinajstić information content (AvgIpc) is 2.54.